The highest BCUT2D eigenvalue weighted by Crippen LogP contribution is 2.04. The van der Waals surface area contributed by atoms with Crippen molar-refractivity contribution in [1.82, 2.24) is 10.3 Å². The number of thiazole rings is 1. The Hall–Kier alpha value is -1.92. The number of nitrogens with one attached hydrogen (secondary N) is 2. The first-order valence-corrected chi connectivity index (χ1v) is 6.29. The predicted octanol–water partition coefficient (Wildman–Crippen LogP) is 0.825. The number of H-pyrrole nitrogens is 1. The lowest BCUT2D eigenvalue weighted by molar-refractivity contribution is 0.100. The second kappa shape index (κ2) is 5.61. The molecule has 5 nitrogen and oxygen atoms in total. The fourth-order valence-electron chi connectivity index (χ4n) is 1.53. The summed E-state index contributed by atoms with van der Waals surface area (Å²) < 4.78 is 0. The monoisotopic (exact) mass is 263 g/mol. The van der Waals surface area contributed by atoms with Gasteiger partial charge in [0, 0.05) is 29.7 Å². The smallest absolute Gasteiger partial charge is 0.304 e. The van der Waals surface area contributed by atoms with E-state index in [9.17, 15) is 9.59 Å². The Morgan fingerprint density at radius 1 is 1.28 bits per heavy atom. The zero-order valence-electron chi connectivity index (χ0n) is 9.60. The Balaban J connectivity index is 1.86. The van der Waals surface area contributed by atoms with E-state index in [2.05, 4.69) is 10.3 Å². The highest BCUT2D eigenvalue weighted by molar-refractivity contribution is 7.07. The van der Waals surface area contributed by atoms with Crippen LogP contribution < -0.4 is 15.9 Å². The zero-order chi connectivity index (χ0) is 13.0. The lowest BCUT2D eigenvalue weighted by Crippen LogP contribution is -2.14. The summed E-state index contributed by atoms with van der Waals surface area (Å²) in [7, 11) is 0. The van der Waals surface area contributed by atoms with E-state index in [1.54, 1.807) is 17.5 Å². The maximum absolute atomic E-state index is 10.9. The van der Waals surface area contributed by atoms with Gasteiger partial charge in [0.2, 0.25) is 5.91 Å². The minimum Gasteiger partial charge on any atom is -0.366 e. The Kier molecular flexibility index (Phi) is 3.91. The molecule has 0 aliphatic rings. The molecule has 2 rings (SSSR count). The second-order valence-electron chi connectivity index (χ2n) is 3.84. The van der Waals surface area contributed by atoms with E-state index < -0.39 is 5.91 Å². The molecule has 0 saturated heterocycles. The van der Waals surface area contributed by atoms with Gasteiger partial charge in [-0.25, -0.2) is 0 Å². The molecule has 1 aromatic heterocycles. The van der Waals surface area contributed by atoms with Crippen molar-refractivity contribution in [3.63, 3.8) is 0 Å². The zero-order valence-corrected chi connectivity index (χ0v) is 10.4. The van der Waals surface area contributed by atoms with Crippen molar-refractivity contribution in [2.24, 2.45) is 5.73 Å². The first kappa shape index (κ1) is 12.5. The van der Waals surface area contributed by atoms with Crippen molar-refractivity contribution in [3.8, 4) is 0 Å². The van der Waals surface area contributed by atoms with Crippen molar-refractivity contribution in [2.75, 3.05) is 0 Å². The molecule has 0 bridgehead atoms. The number of nitrogens with two attached hydrogens (primary N) is 1. The molecule has 1 amide bonds. The third-order valence-corrected chi connectivity index (χ3v) is 3.17. The Labute approximate surface area is 108 Å². The number of aromatic amines is 1. The summed E-state index contributed by atoms with van der Waals surface area (Å²) in [6.45, 7) is 1.27. The largest absolute Gasteiger partial charge is 0.366 e. The van der Waals surface area contributed by atoms with Crippen molar-refractivity contribution >= 4 is 17.2 Å². The number of benzene rings is 1. The highest BCUT2D eigenvalue weighted by Gasteiger charge is 2.00. The van der Waals surface area contributed by atoms with Gasteiger partial charge >= 0.3 is 4.87 Å². The van der Waals surface area contributed by atoms with Gasteiger partial charge < -0.3 is 16.0 Å². The van der Waals surface area contributed by atoms with Crippen molar-refractivity contribution in [1.29, 1.82) is 0 Å². The number of carbonyl (C=O) groups excluding carboxylic acids is 1. The molecule has 0 aliphatic heterocycles. The molecular formula is C12H13N3O2S. The maximum Gasteiger partial charge on any atom is 0.304 e. The minimum atomic E-state index is -0.426. The van der Waals surface area contributed by atoms with E-state index in [-0.39, 0.29) is 4.87 Å². The third kappa shape index (κ3) is 3.28. The van der Waals surface area contributed by atoms with Gasteiger partial charge in [0.25, 0.3) is 0 Å². The van der Waals surface area contributed by atoms with Crippen LogP contribution in [0, 0.1) is 0 Å². The van der Waals surface area contributed by atoms with Gasteiger partial charge in [-0.3, -0.25) is 9.59 Å². The number of hydrogen-bond donors (Lipinski definition) is 3. The number of carbonyl (C=O) groups is 1. The Morgan fingerprint density at radius 3 is 2.56 bits per heavy atom. The summed E-state index contributed by atoms with van der Waals surface area (Å²) in [5, 5.41) is 5.00. The SMILES string of the molecule is NC(=O)c1ccc(CNCc2csc(=O)[nH]2)cc1. The Morgan fingerprint density at radius 2 is 2.00 bits per heavy atom. The van der Waals surface area contributed by atoms with Crippen LogP contribution in [0.15, 0.2) is 34.4 Å². The van der Waals surface area contributed by atoms with Gasteiger partial charge in [0.1, 0.15) is 0 Å². The number of amides is 1. The molecule has 4 N–H and O–H groups in total. The maximum atomic E-state index is 10.9. The van der Waals surface area contributed by atoms with Crippen LogP contribution in [0.5, 0.6) is 0 Å². The fourth-order valence-corrected chi connectivity index (χ4v) is 2.11. The molecule has 0 aliphatic carbocycles. The molecule has 0 atom stereocenters. The second-order valence-corrected chi connectivity index (χ2v) is 4.68. The first-order valence-electron chi connectivity index (χ1n) is 5.41. The standard InChI is InChI=1S/C12H13N3O2S/c13-11(16)9-3-1-8(2-4-9)5-14-6-10-7-18-12(17)15-10/h1-4,7,14H,5-6H2,(H2,13,16)(H,15,17). The number of hydrogen-bond acceptors (Lipinski definition) is 4. The van der Waals surface area contributed by atoms with Gasteiger partial charge in [-0.1, -0.05) is 23.5 Å². The van der Waals surface area contributed by atoms with Gasteiger partial charge in [-0.2, -0.15) is 0 Å². The third-order valence-electron chi connectivity index (χ3n) is 2.45. The topological polar surface area (TPSA) is 88.0 Å². The average molecular weight is 263 g/mol. The number of primary amides is 1. The van der Waals surface area contributed by atoms with Crippen LogP contribution >= 0.6 is 11.3 Å². The fraction of sp³-hybridized carbons (Fsp3) is 0.167. The molecule has 0 saturated carbocycles. The molecule has 18 heavy (non-hydrogen) atoms. The molecule has 1 heterocycles. The summed E-state index contributed by atoms with van der Waals surface area (Å²) in [6.07, 6.45) is 0. The normalized spacial score (nSPS) is 10.4. The highest BCUT2D eigenvalue weighted by atomic mass is 32.1. The van der Waals surface area contributed by atoms with Crippen LogP contribution in [0.25, 0.3) is 0 Å². The molecule has 0 radical (unpaired) electrons. The van der Waals surface area contributed by atoms with Crippen LogP contribution in [0.3, 0.4) is 0 Å². The quantitative estimate of drug-likeness (QED) is 0.746. The lowest BCUT2D eigenvalue weighted by atomic mass is 10.1. The van der Waals surface area contributed by atoms with Gasteiger partial charge in [-0.05, 0) is 17.7 Å². The van der Waals surface area contributed by atoms with Crippen LogP contribution in [-0.2, 0) is 13.1 Å². The summed E-state index contributed by atoms with van der Waals surface area (Å²) in [5.74, 6) is -0.426. The number of rotatable bonds is 5. The molecule has 6 heteroatoms. The van der Waals surface area contributed by atoms with Gasteiger partial charge in [0.05, 0.1) is 0 Å². The van der Waals surface area contributed by atoms with Gasteiger partial charge in [-0.15, -0.1) is 0 Å². The van der Waals surface area contributed by atoms with Gasteiger partial charge in [0.15, 0.2) is 0 Å². The summed E-state index contributed by atoms with van der Waals surface area (Å²) in [4.78, 5) is 24.5. The average Bonchev–Trinajstić information content (AvgIpc) is 2.76. The van der Waals surface area contributed by atoms with Crippen LogP contribution in [-0.4, -0.2) is 10.9 Å². The van der Waals surface area contributed by atoms with Crippen LogP contribution in [0.1, 0.15) is 21.6 Å². The molecule has 0 unspecified atom stereocenters. The van der Waals surface area contributed by atoms with E-state index in [0.29, 0.717) is 18.7 Å². The molecular weight excluding hydrogens is 250 g/mol. The summed E-state index contributed by atoms with van der Waals surface area (Å²) >= 11 is 1.15. The number of aromatic nitrogens is 1. The molecule has 0 spiro atoms. The van der Waals surface area contributed by atoms with E-state index >= 15 is 0 Å². The van der Waals surface area contributed by atoms with E-state index in [0.717, 1.165) is 22.6 Å². The van der Waals surface area contributed by atoms with Crippen molar-refractivity contribution in [2.45, 2.75) is 13.1 Å². The lowest BCUT2D eigenvalue weighted by Gasteiger charge is -2.04. The Bertz CT molecular complexity index is 586. The molecule has 1 aromatic carbocycles. The van der Waals surface area contributed by atoms with E-state index in [1.807, 2.05) is 12.1 Å². The summed E-state index contributed by atoms with van der Waals surface area (Å²) in [6, 6.07) is 7.10. The van der Waals surface area contributed by atoms with Crippen molar-refractivity contribution in [3.05, 3.63) is 56.1 Å². The van der Waals surface area contributed by atoms with Crippen molar-refractivity contribution < 1.29 is 4.79 Å². The molecule has 0 fully saturated rings. The first-order chi connectivity index (χ1) is 8.65. The molecule has 2 aromatic rings. The van der Waals surface area contributed by atoms with E-state index in [1.165, 1.54) is 0 Å². The predicted molar refractivity (Wildman–Crippen MR) is 70.4 cm³/mol. The summed E-state index contributed by atoms with van der Waals surface area (Å²) in [5.41, 5.74) is 7.58. The van der Waals surface area contributed by atoms with Crippen LogP contribution in [0.4, 0.5) is 0 Å². The van der Waals surface area contributed by atoms with Crippen LogP contribution in [0.2, 0.25) is 0 Å². The molecule has 94 valence electrons. The van der Waals surface area contributed by atoms with E-state index in [4.69, 9.17) is 5.73 Å². The minimum absolute atomic E-state index is 0.0439.